The van der Waals surface area contributed by atoms with Crippen LogP contribution in [-0.4, -0.2) is 23.8 Å². The molecular formula is C22H21BrN2O3. The average molecular weight is 441 g/mol. The first-order valence-electron chi connectivity index (χ1n) is 8.96. The summed E-state index contributed by atoms with van der Waals surface area (Å²) in [5, 5.41) is 2.74. The number of nitrogens with one attached hydrogen (secondary N) is 1. The molecule has 0 radical (unpaired) electrons. The van der Waals surface area contributed by atoms with Crippen LogP contribution in [0.15, 0.2) is 69.8 Å². The maximum Gasteiger partial charge on any atom is 0.291 e. The molecule has 1 N–H and O–H groups in total. The minimum atomic E-state index is -0.375. The van der Waals surface area contributed by atoms with Gasteiger partial charge in [0.25, 0.3) is 11.8 Å². The molecule has 3 aromatic rings. The number of hydrogen-bond acceptors (Lipinski definition) is 3. The SMILES string of the molecule is CCc1ccc(CN(C)C(=O)c2cccc(NC(=O)c3ccc(Br)o3)c2)cc1. The van der Waals surface area contributed by atoms with Gasteiger partial charge in [-0.25, -0.2) is 0 Å². The number of anilines is 1. The third-order valence-corrected chi connectivity index (χ3v) is 4.79. The Morgan fingerprint density at radius 1 is 1.04 bits per heavy atom. The Bertz CT molecular complexity index is 979. The monoisotopic (exact) mass is 440 g/mol. The van der Waals surface area contributed by atoms with Gasteiger partial charge in [0, 0.05) is 24.8 Å². The number of rotatable bonds is 6. The van der Waals surface area contributed by atoms with Crippen molar-refractivity contribution < 1.29 is 14.0 Å². The Kier molecular flexibility index (Phi) is 6.31. The molecule has 0 aliphatic rings. The Morgan fingerprint density at radius 3 is 2.39 bits per heavy atom. The Hall–Kier alpha value is -2.86. The minimum Gasteiger partial charge on any atom is -0.444 e. The molecule has 3 rings (SSSR count). The number of amides is 2. The second-order valence-electron chi connectivity index (χ2n) is 6.47. The van der Waals surface area contributed by atoms with Gasteiger partial charge in [0.1, 0.15) is 0 Å². The predicted octanol–water partition coefficient (Wildman–Crippen LogP) is 5.13. The molecule has 0 aliphatic carbocycles. The fraction of sp³-hybridized carbons (Fsp3) is 0.182. The van der Waals surface area contributed by atoms with Gasteiger partial charge in [-0.05, 0) is 63.8 Å². The number of carbonyl (C=O) groups excluding carboxylic acids is 2. The lowest BCUT2D eigenvalue weighted by Gasteiger charge is -2.18. The Morgan fingerprint density at radius 2 is 1.75 bits per heavy atom. The first-order valence-corrected chi connectivity index (χ1v) is 9.75. The number of carbonyl (C=O) groups is 2. The second kappa shape index (κ2) is 8.89. The van der Waals surface area contributed by atoms with Gasteiger partial charge >= 0.3 is 0 Å². The van der Waals surface area contributed by atoms with Crippen molar-refractivity contribution >= 4 is 33.4 Å². The van der Waals surface area contributed by atoms with Crippen LogP contribution in [0.3, 0.4) is 0 Å². The molecule has 0 fully saturated rings. The zero-order chi connectivity index (χ0) is 20.1. The van der Waals surface area contributed by atoms with E-state index in [0.29, 0.717) is 22.5 Å². The lowest BCUT2D eigenvalue weighted by atomic mass is 10.1. The molecule has 1 heterocycles. The van der Waals surface area contributed by atoms with Crippen LogP contribution in [0.1, 0.15) is 39.0 Å². The molecule has 2 amide bonds. The zero-order valence-electron chi connectivity index (χ0n) is 15.7. The Balaban J connectivity index is 1.67. The first kappa shape index (κ1) is 19.9. The van der Waals surface area contributed by atoms with E-state index in [2.05, 4.69) is 40.3 Å². The van der Waals surface area contributed by atoms with E-state index < -0.39 is 0 Å². The highest BCUT2D eigenvalue weighted by atomic mass is 79.9. The van der Waals surface area contributed by atoms with E-state index in [1.54, 1.807) is 48.3 Å². The van der Waals surface area contributed by atoms with E-state index in [4.69, 9.17) is 4.42 Å². The van der Waals surface area contributed by atoms with Crippen LogP contribution in [0.25, 0.3) is 0 Å². The normalized spacial score (nSPS) is 10.5. The average Bonchev–Trinajstić information content (AvgIpc) is 3.14. The van der Waals surface area contributed by atoms with Crippen LogP contribution in [-0.2, 0) is 13.0 Å². The molecule has 0 saturated heterocycles. The maximum absolute atomic E-state index is 12.8. The number of hydrogen-bond donors (Lipinski definition) is 1. The molecule has 0 bridgehead atoms. The predicted molar refractivity (Wildman–Crippen MR) is 112 cm³/mol. The highest BCUT2D eigenvalue weighted by Gasteiger charge is 2.15. The molecule has 0 unspecified atom stereocenters. The smallest absolute Gasteiger partial charge is 0.291 e. The summed E-state index contributed by atoms with van der Waals surface area (Å²) in [4.78, 5) is 26.6. The van der Waals surface area contributed by atoms with E-state index in [1.807, 2.05) is 12.1 Å². The van der Waals surface area contributed by atoms with Gasteiger partial charge in [-0.2, -0.15) is 0 Å². The van der Waals surface area contributed by atoms with Crippen molar-refractivity contribution in [2.75, 3.05) is 12.4 Å². The zero-order valence-corrected chi connectivity index (χ0v) is 17.3. The van der Waals surface area contributed by atoms with E-state index >= 15 is 0 Å². The minimum absolute atomic E-state index is 0.114. The lowest BCUT2D eigenvalue weighted by Crippen LogP contribution is -2.26. The summed E-state index contributed by atoms with van der Waals surface area (Å²) in [6.45, 7) is 2.63. The van der Waals surface area contributed by atoms with Crippen molar-refractivity contribution in [2.45, 2.75) is 19.9 Å². The number of nitrogens with zero attached hydrogens (tertiary/aromatic N) is 1. The summed E-state index contributed by atoms with van der Waals surface area (Å²) in [5.74, 6) is -0.299. The van der Waals surface area contributed by atoms with Crippen LogP contribution in [0, 0.1) is 0 Å². The lowest BCUT2D eigenvalue weighted by molar-refractivity contribution is 0.0784. The standard InChI is InChI=1S/C22H21BrN2O3/c1-3-15-7-9-16(10-8-15)14-25(2)22(27)17-5-4-6-18(13-17)24-21(26)19-11-12-20(23)28-19/h4-13H,3,14H2,1-2H3,(H,24,26). The fourth-order valence-corrected chi connectivity index (χ4v) is 3.11. The number of benzene rings is 2. The van der Waals surface area contributed by atoms with E-state index in [-0.39, 0.29) is 17.6 Å². The molecule has 0 aliphatic heterocycles. The van der Waals surface area contributed by atoms with Gasteiger partial charge < -0.3 is 14.6 Å². The van der Waals surface area contributed by atoms with Crippen molar-refractivity contribution in [1.29, 1.82) is 0 Å². The molecule has 28 heavy (non-hydrogen) atoms. The summed E-state index contributed by atoms with van der Waals surface area (Å²) in [6.07, 6.45) is 0.989. The van der Waals surface area contributed by atoms with Crippen molar-refractivity contribution in [3.8, 4) is 0 Å². The fourth-order valence-electron chi connectivity index (χ4n) is 2.81. The molecule has 0 atom stereocenters. The third-order valence-electron chi connectivity index (χ3n) is 4.36. The van der Waals surface area contributed by atoms with Crippen LogP contribution >= 0.6 is 15.9 Å². The van der Waals surface area contributed by atoms with Gasteiger partial charge in [0.15, 0.2) is 10.4 Å². The molecule has 0 spiro atoms. The molecule has 1 aromatic heterocycles. The Labute approximate surface area is 172 Å². The van der Waals surface area contributed by atoms with Crippen molar-refractivity contribution in [2.24, 2.45) is 0 Å². The van der Waals surface area contributed by atoms with Gasteiger partial charge in [-0.1, -0.05) is 37.3 Å². The highest BCUT2D eigenvalue weighted by molar-refractivity contribution is 9.10. The number of furan rings is 1. The summed E-state index contributed by atoms with van der Waals surface area (Å²) >= 11 is 3.17. The van der Waals surface area contributed by atoms with Crippen molar-refractivity contribution in [3.63, 3.8) is 0 Å². The topological polar surface area (TPSA) is 62.6 Å². The van der Waals surface area contributed by atoms with Crippen molar-refractivity contribution in [3.05, 3.63) is 87.8 Å². The van der Waals surface area contributed by atoms with E-state index in [0.717, 1.165) is 12.0 Å². The van der Waals surface area contributed by atoms with E-state index in [1.165, 1.54) is 5.56 Å². The highest BCUT2D eigenvalue weighted by Crippen LogP contribution is 2.18. The molecule has 6 heteroatoms. The second-order valence-corrected chi connectivity index (χ2v) is 7.25. The van der Waals surface area contributed by atoms with Crippen LogP contribution in [0.5, 0.6) is 0 Å². The van der Waals surface area contributed by atoms with Gasteiger partial charge in [0.05, 0.1) is 0 Å². The number of halogens is 1. The molecule has 144 valence electrons. The summed E-state index contributed by atoms with van der Waals surface area (Å²) < 4.78 is 5.73. The maximum atomic E-state index is 12.8. The van der Waals surface area contributed by atoms with E-state index in [9.17, 15) is 9.59 Å². The summed E-state index contributed by atoms with van der Waals surface area (Å²) in [6, 6.07) is 18.3. The largest absolute Gasteiger partial charge is 0.444 e. The van der Waals surface area contributed by atoms with Crippen molar-refractivity contribution in [1.82, 2.24) is 4.90 Å². The van der Waals surface area contributed by atoms with Crippen LogP contribution in [0.4, 0.5) is 5.69 Å². The summed E-state index contributed by atoms with van der Waals surface area (Å²) in [5.41, 5.74) is 3.38. The first-order chi connectivity index (χ1) is 13.5. The molecule has 0 saturated carbocycles. The van der Waals surface area contributed by atoms with Gasteiger partial charge in [-0.3, -0.25) is 9.59 Å². The quantitative estimate of drug-likeness (QED) is 0.577. The van der Waals surface area contributed by atoms with Gasteiger partial charge in [-0.15, -0.1) is 0 Å². The summed E-state index contributed by atoms with van der Waals surface area (Å²) in [7, 11) is 1.77. The van der Waals surface area contributed by atoms with Crippen LogP contribution in [0.2, 0.25) is 0 Å². The molecule has 5 nitrogen and oxygen atoms in total. The number of aryl methyl sites for hydroxylation is 1. The van der Waals surface area contributed by atoms with Crippen LogP contribution < -0.4 is 5.32 Å². The molecule has 2 aromatic carbocycles. The molecular weight excluding hydrogens is 420 g/mol. The third kappa shape index (κ3) is 4.89. The van der Waals surface area contributed by atoms with Gasteiger partial charge in [0.2, 0.25) is 0 Å².